The van der Waals surface area contributed by atoms with Gasteiger partial charge in [0.1, 0.15) is 5.75 Å². The van der Waals surface area contributed by atoms with Crippen molar-refractivity contribution in [2.75, 3.05) is 0 Å². The van der Waals surface area contributed by atoms with Gasteiger partial charge in [-0.2, -0.15) is 0 Å². The van der Waals surface area contributed by atoms with Gasteiger partial charge in [0.25, 0.3) is 0 Å². The van der Waals surface area contributed by atoms with Gasteiger partial charge in [-0.05, 0) is 24.6 Å². The molecule has 4 heteroatoms. The number of ether oxygens (including phenoxy) is 1. The molecule has 15 heavy (non-hydrogen) atoms. The number of phenolic OH excluding ortho intramolecular Hbond substituents is 1. The SMILES string of the molecule is CC1=C(c2ccc(O)cc2)[C@@H](O)OC1=O. The van der Waals surface area contributed by atoms with Crippen molar-refractivity contribution < 1.29 is 19.7 Å². The molecule has 0 amide bonds. The minimum atomic E-state index is -1.21. The molecule has 4 nitrogen and oxygen atoms in total. The number of hydrogen-bond acceptors (Lipinski definition) is 4. The Morgan fingerprint density at radius 1 is 1.27 bits per heavy atom. The van der Waals surface area contributed by atoms with Gasteiger partial charge in [0.15, 0.2) is 0 Å². The van der Waals surface area contributed by atoms with Crippen LogP contribution in [-0.4, -0.2) is 22.5 Å². The summed E-state index contributed by atoms with van der Waals surface area (Å²) in [6, 6.07) is 6.23. The van der Waals surface area contributed by atoms with E-state index in [1.54, 1.807) is 19.1 Å². The van der Waals surface area contributed by atoms with Gasteiger partial charge in [-0.25, -0.2) is 4.79 Å². The highest BCUT2D eigenvalue weighted by molar-refractivity contribution is 6.01. The molecule has 1 atom stereocenters. The Morgan fingerprint density at radius 3 is 2.33 bits per heavy atom. The van der Waals surface area contributed by atoms with Crippen molar-refractivity contribution in [2.24, 2.45) is 0 Å². The first-order valence-electron chi connectivity index (χ1n) is 4.49. The number of hydrogen-bond donors (Lipinski definition) is 2. The third-order valence-electron chi connectivity index (χ3n) is 2.35. The van der Waals surface area contributed by atoms with Crippen LogP contribution in [0.4, 0.5) is 0 Å². The predicted molar refractivity (Wildman–Crippen MR) is 52.8 cm³/mol. The van der Waals surface area contributed by atoms with Crippen molar-refractivity contribution in [1.82, 2.24) is 0 Å². The molecule has 0 spiro atoms. The number of carbonyl (C=O) groups is 1. The van der Waals surface area contributed by atoms with Crippen molar-refractivity contribution in [3.63, 3.8) is 0 Å². The quantitative estimate of drug-likeness (QED) is 0.674. The minimum absolute atomic E-state index is 0.136. The number of phenols is 1. The van der Waals surface area contributed by atoms with Crippen LogP contribution in [0.2, 0.25) is 0 Å². The van der Waals surface area contributed by atoms with E-state index in [9.17, 15) is 9.90 Å². The van der Waals surface area contributed by atoms with E-state index >= 15 is 0 Å². The number of carbonyl (C=O) groups excluding carboxylic acids is 1. The molecule has 0 unspecified atom stereocenters. The summed E-state index contributed by atoms with van der Waals surface area (Å²) in [5.41, 5.74) is 1.52. The lowest BCUT2D eigenvalue weighted by molar-refractivity contribution is -0.150. The molecule has 0 bridgehead atoms. The van der Waals surface area contributed by atoms with E-state index in [1.165, 1.54) is 12.1 Å². The number of cyclic esters (lactones) is 1. The molecule has 2 rings (SSSR count). The smallest absolute Gasteiger partial charge is 0.336 e. The molecular weight excluding hydrogens is 196 g/mol. The Labute approximate surface area is 86.4 Å². The van der Waals surface area contributed by atoms with Crippen LogP contribution in [0.25, 0.3) is 5.57 Å². The molecule has 78 valence electrons. The molecular formula is C11H10O4. The molecule has 0 fully saturated rings. The number of aliphatic hydroxyl groups is 1. The third-order valence-corrected chi connectivity index (χ3v) is 2.35. The van der Waals surface area contributed by atoms with Crippen molar-refractivity contribution in [3.05, 3.63) is 35.4 Å². The summed E-state index contributed by atoms with van der Waals surface area (Å²) in [5, 5.41) is 18.6. The summed E-state index contributed by atoms with van der Waals surface area (Å²) in [6.45, 7) is 1.60. The normalized spacial score (nSPS) is 20.7. The molecule has 1 aromatic carbocycles. The van der Waals surface area contributed by atoms with Crippen LogP contribution in [0.1, 0.15) is 12.5 Å². The molecule has 2 N–H and O–H groups in total. The van der Waals surface area contributed by atoms with Crippen LogP contribution < -0.4 is 0 Å². The highest BCUT2D eigenvalue weighted by Crippen LogP contribution is 2.30. The standard InChI is InChI=1S/C11H10O4/c1-6-9(11(14)15-10(6)13)7-2-4-8(12)5-3-7/h2-5,11-12,14H,1H3/t11-/m0/s1. The Morgan fingerprint density at radius 2 is 1.87 bits per heavy atom. The topological polar surface area (TPSA) is 66.8 Å². The Balaban J connectivity index is 2.47. The van der Waals surface area contributed by atoms with Gasteiger partial charge in [-0.1, -0.05) is 12.1 Å². The first kappa shape index (κ1) is 9.73. The lowest BCUT2D eigenvalue weighted by Gasteiger charge is -2.07. The average molecular weight is 206 g/mol. The molecule has 0 saturated heterocycles. The van der Waals surface area contributed by atoms with Crippen LogP contribution in [-0.2, 0) is 9.53 Å². The fourth-order valence-electron chi connectivity index (χ4n) is 1.54. The fraction of sp³-hybridized carbons (Fsp3) is 0.182. The first-order valence-corrected chi connectivity index (χ1v) is 4.49. The van der Waals surface area contributed by atoms with Crippen LogP contribution in [0.5, 0.6) is 5.75 Å². The minimum Gasteiger partial charge on any atom is -0.508 e. The van der Waals surface area contributed by atoms with E-state index in [-0.39, 0.29) is 5.75 Å². The van der Waals surface area contributed by atoms with Crippen LogP contribution in [0.3, 0.4) is 0 Å². The molecule has 0 saturated carbocycles. The summed E-state index contributed by atoms with van der Waals surface area (Å²) in [4.78, 5) is 11.1. The molecule has 1 aliphatic rings. The average Bonchev–Trinajstić information content (AvgIpc) is 2.44. The zero-order valence-corrected chi connectivity index (χ0v) is 8.10. The van der Waals surface area contributed by atoms with Gasteiger partial charge in [0, 0.05) is 11.1 Å². The maximum Gasteiger partial charge on any atom is 0.336 e. The second-order valence-electron chi connectivity index (χ2n) is 3.34. The van der Waals surface area contributed by atoms with Crippen molar-refractivity contribution in [2.45, 2.75) is 13.2 Å². The first-order chi connectivity index (χ1) is 7.09. The summed E-state index contributed by atoms with van der Waals surface area (Å²) in [6.07, 6.45) is -1.21. The van der Waals surface area contributed by atoms with E-state index in [1.807, 2.05) is 0 Å². The van der Waals surface area contributed by atoms with Crippen molar-refractivity contribution in [3.8, 4) is 5.75 Å². The second kappa shape index (κ2) is 3.40. The van der Waals surface area contributed by atoms with Gasteiger partial charge in [0.05, 0.1) is 0 Å². The Hall–Kier alpha value is -1.81. The summed E-state index contributed by atoms with van der Waals surface area (Å²) >= 11 is 0. The fourth-order valence-corrected chi connectivity index (χ4v) is 1.54. The van der Waals surface area contributed by atoms with Gasteiger partial charge in [-0.15, -0.1) is 0 Å². The van der Waals surface area contributed by atoms with E-state index < -0.39 is 12.3 Å². The summed E-state index contributed by atoms with van der Waals surface area (Å²) in [5.74, 6) is -0.373. The van der Waals surface area contributed by atoms with E-state index in [2.05, 4.69) is 4.74 Å². The zero-order valence-electron chi connectivity index (χ0n) is 8.10. The summed E-state index contributed by atoms with van der Waals surface area (Å²) < 4.78 is 4.65. The van der Waals surface area contributed by atoms with Crippen molar-refractivity contribution >= 4 is 11.5 Å². The largest absolute Gasteiger partial charge is 0.508 e. The number of aromatic hydroxyl groups is 1. The van der Waals surface area contributed by atoms with Gasteiger partial charge in [0.2, 0.25) is 6.29 Å². The number of benzene rings is 1. The lowest BCUT2D eigenvalue weighted by Crippen LogP contribution is -2.09. The molecule has 1 aliphatic heterocycles. The third kappa shape index (κ3) is 1.59. The van der Waals surface area contributed by atoms with Crippen molar-refractivity contribution in [1.29, 1.82) is 0 Å². The maximum absolute atomic E-state index is 11.1. The molecule has 0 radical (unpaired) electrons. The highest BCUT2D eigenvalue weighted by Gasteiger charge is 2.30. The highest BCUT2D eigenvalue weighted by atomic mass is 16.6. The van der Waals surface area contributed by atoms with Gasteiger partial charge >= 0.3 is 5.97 Å². The van der Waals surface area contributed by atoms with E-state index in [0.717, 1.165) is 0 Å². The van der Waals surface area contributed by atoms with E-state index in [4.69, 9.17) is 5.11 Å². The van der Waals surface area contributed by atoms with Crippen LogP contribution in [0, 0.1) is 0 Å². The molecule has 1 heterocycles. The molecule has 0 aliphatic carbocycles. The summed E-state index contributed by atoms with van der Waals surface area (Å²) in [7, 11) is 0. The lowest BCUT2D eigenvalue weighted by atomic mass is 10.0. The van der Waals surface area contributed by atoms with Crippen LogP contribution in [0.15, 0.2) is 29.8 Å². The zero-order chi connectivity index (χ0) is 11.0. The second-order valence-corrected chi connectivity index (χ2v) is 3.34. The van der Waals surface area contributed by atoms with Crippen LogP contribution >= 0.6 is 0 Å². The number of aliphatic hydroxyl groups excluding tert-OH is 1. The monoisotopic (exact) mass is 206 g/mol. The number of esters is 1. The molecule has 0 aromatic heterocycles. The Bertz CT molecular complexity index is 430. The Kier molecular flexibility index (Phi) is 2.21. The maximum atomic E-state index is 11.1. The number of rotatable bonds is 1. The molecule has 1 aromatic rings. The van der Waals surface area contributed by atoms with Gasteiger partial charge < -0.3 is 14.9 Å². The van der Waals surface area contributed by atoms with E-state index in [0.29, 0.717) is 16.7 Å². The predicted octanol–water partition coefficient (Wildman–Crippen LogP) is 1.04. The van der Waals surface area contributed by atoms with Gasteiger partial charge in [-0.3, -0.25) is 0 Å².